The van der Waals surface area contributed by atoms with Crippen molar-refractivity contribution in [2.24, 2.45) is 0 Å². The second kappa shape index (κ2) is 6.93. The SMILES string of the molecule is CC(C)(C)c1ccc(C(=O)NNC(=O)c2ccc(O)c(Cl)c2)cc1. The van der Waals surface area contributed by atoms with Gasteiger partial charge in [0.15, 0.2) is 0 Å². The Kier molecular flexibility index (Phi) is 5.14. The maximum Gasteiger partial charge on any atom is 0.269 e. The smallest absolute Gasteiger partial charge is 0.269 e. The molecule has 0 spiro atoms. The van der Waals surface area contributed by atoms with Gasteiger partial charge in [0.1, 0.15) is 5.75 Å². The molecule has 3 N–H and O–H groups in total. The topological polar surface area (TPSA) is 78.4 Å². The molecular weight excluding hydrogens is 328 g/mol. The Labute approximate surface area is 145 Å². The highest BCUT2D eigenvalue weighted by Gasteiger charge is 2.15. The number of phenolic OH excluding ortho intramolecular Hbond substituents is 1. The number of nitrogens with one attached hydrogen (secondary N) is 2. The molecule has 0 atom stereocenters. The number of benzene rings is 2. The van der Waals surface area contributed by atoms with Gasteiger partial charge in [0.05, 0.1) is 5.02 Å². The molecule has 2 rings (SSSR count). The van der Waals surface area contributed by atoms with Crippen molar-refractivity contribution in [2.75, 3.05) is 0 Å². The molecule has 0 aliphatic heterocycles. The number of halogens is 1. The maximum absolute atomic E-state index is 12.1. The third-order valence-electron chi connectivity index (χ3n) is 3.51. The Hall–Kier alpha value is -2.53. The molecule has 0 radical (unpaired) electrons. The number of amides is 2. The zero-order valence-electron chi connectivity index (χ0n) is 13.7. The summed E-state index contributed by atoms with van der Waals surface area (Å²) >= 11 is 5.75. The molecular formula is C18H19ClN2O3. The van der Waals surface area contributed by atoms with E-state index < -0.39 is 11.8 Å². The minimum Gasteiger partial charge on any atom is -0.506 e. The highest BCUT2D eigenvalue weighted by molar-refractivity contribution is 6.32. The Morgan fingerprint density at radius 1 is 0.917 bits per heavy atom. The van der Waals surface area contributed by atoms with Gasteiger partial charge in [0.25, 0.3) is 11.8 Å². The van der Waals surface area contributed by atoms with Gasteiger partial charge in [-0.3, -0.25) is 20.4 Å². The van der Waals surface area contributed by atoms with Crippen LogP contribution < -0.4 is 10.9 Å². The summed E-state index contributed by atoms with van der Waals surface area (Å²) in [6.07, 6.45) is 0. The molecule has 0 saturated carbocycles. The number of carbonyl (C=O) groups is 2. The number of phenols is 1. The number of hydrazine groups is 1. The van der Waals surface area contributed by atoms with Gasteiger partial charge in [-0.05, 0) is 41.3 Å². The van der Waals surface area contributed by atoms with Crippen LogP contribution in [-0.2, 0) is 5.41 Å². The predicted octanol–water partition coefficient (Wildman–Crippen LogP) is 3.42. The third-order valence-corrected chi connectivity index (χ3v) is 3.82. The summed E-state index contributed by atoms with van der Waals surface area (Å²) in [6, 6.07) is 11.2. The minimum absolute atomic E-state index is 0.00135. The standard InChI is InChI=1S/C18H19ClN2O3/c1-18(2,3)13-7-4-11(5-8-13)16(23)20-21-17(24)12-6-9-15(22)14(19)10-12/h4-10,22H,1-3H3,(H,20,23)(H,21,24). The molecule has 2 amide bonds. The summed E-state index contributed by atoms with van der Waals surface area (Å²) in [5, 5.41) is 9.40. The van der Waals surface area contributed by atoms with E-state index >= 15 is 0 Å². The summed E-state index contributed by atoms with van der Waals surface area (Å²) in [4.78, 5) is 24.0. The van der Waals surface area contributed by atoms with E-state index in [4.69, 9.17) is 11.6 Å². The van der Waals surface area contributed by atoms with E-state index in [-0.39, 0.29) is 21.8 Å². The van der Waals surface area contributed by atoms with Crippen molar-refractivity contribution in [1.82, 2.24) is 10.9 Å². The summed E-state index contributed by atoms with van der Waals surface area (Å²) in [5.74, 6) is -1.07. The van der Waals surface area contributed by atoms with E-state index in [1.54, 1.807) is 12.1 Å². The second-order valence-electron chi connectivity index (χ2n) is 6.40. The fraction of sp³-hybridized carbons (Fsp3) is 0.222. The number of hydrogen-bond acceptors (Lipinski definition) is 3. The van der Waals surface area contributed by atoms with Gasteiger partial charge in [-0.2, -0.15) is 0 Å². The van der Waals surface area contributed by atoms with Gasteiger partial charge in [-0.1, -0.05) is 44.5 Å². The first-order chi connectivity index (χ1) is 11.2. The van der Waals surface area contributed by atoms with Crippen molar-refractivity contribution in [3.05, 3.63) is 64.2 Å². The van der Waals surface area contributed by atoms with Crippen LogP contribution in [-0.4, -0.2) is 16.9 Å². The fourth-order valence-electron chi connectivity index (χ4n) is 2.03. The molecule has 0 aliphatic rings. The second-order valence-corrected chi connectivity index (χ2v) is 6.81. The van der Waals surface area contributed by atoms with E-state index in [1.165, 1.54) is 18.2 Å². The predicted molar refractivity (Wildman–Crippen MR) is 93.2 cm³/mol. The van der Waals surface area contributed by atoms with Crippen LogP contribution >= 0.6 is 11.6 Å². The average Bonchev–Trinajstić information content (AvgIpc) is 2.54. The van der Waals surface area contributed by atoms with Gasteiger partial charge in [-0.25, -0.2) is 0 Å². The van der Waals surface area contributed by atoms with Crippen molar-refractivity contribution in [3.8, 4) is 5.75 Å². The van der Waals surface area contributed by atoms with Gasteiger partial charge in [-0.15, -0.1) is 0 Å². The van der Waals surface area contributed by atoms with Crippen LogP contribution in [0.4, 0.5) is 0 Å². The molecule has 0 unspecified atom stereocenters. The minimum atomic E-state index is -0.531. The molecule has 24 heavy (non-hydrogen) atoms. The highest BCUT2D eigenvalue weighted by atomic mass is 35.5. The number of aromatic hydroxyl groups is 1. The average molecular weight is 347 g/mol. The van der Waals surface area contributed by atoms with Crippen LogP contribution in [0.3, 0.4) is 0 Å². The van der Waals surface area contributed by atoms with Gasteiger partial charge in [0, 0.05) is 11.1 Å². The fourth-order valence-corrected chi connectivity index (χ4v) is 2.21. The lowest BCUT2D eigenvalue weighted by Crippen LogP contribution is -2.41. The zero-order chi connectivity index (χ0) is 17.9. The first kappa shape index (κ1) is 17.8. The maximum atomic E-state index is 12.1. The van der Waals surface area contributed by atoms with Gasteiger partial charge < -0.3 is 5.11 Å². The van der Waals surface area contributed by atoms with Crippen LogP contribution in [0.5, 0.6) is 5.75 Å². The summed E-state index contributed by atoms with van der Waals surface area (Å²) < 4.78 is 0. The van der Waals surface area contributed by atoms with Crippen molar-refractivity contribution < 1.29 is 14.7 Å². The number of hydrogen-bond donors (Lipinski definition) is 3. The Morgan fingerprint density at radius 3 is 1.92 bits per heavy atom. The van der Waals surface area contributed by atoms with Gasteiger partial charge in [0.2, 0.25) is 0 Å². The normalized spacial score (nSPS) is 11.0. The van der Waals surface area contributed by atoms with E-state index in [2.05, 4.69) is 31.6 Å². The molecule has 0 bridgehead atoms. The lowest BCUT2D eigenvalue weighted by molar-refractivity contribution is 0.0846. The molecule has 6 heteroatoms. The van der Waals surface area contributed by atoms with Crippen LogP contribution in [0.1, 0.15) is 47.1 Å². The molecule has 5 nitrogen and oxygen atoms in total. The molecule has 0 aromatic heterocycles. The molecule has 2 aromatic carbocycles. The Bertz CT molecular complexity index is 765. The zero-order valence-corrected chi connectivity index (χ0v) is 14.4. The molecule has 2 aromatic rings. The highest BCUT2D eigenvalue weighted by Crippen LogP contribution is 2.23. The van der Waals surface area contributed by atoms with E-state index in [0.717, 1.165) is 5.56 Å². The molecule has 0 fully saturated rings. The molecule has 0 saturated heterocycles. The van der Waals surface area contributed by atoms with Gasteiger partial charge >= 0.3 is 0 Å². The monoisotopic (exact) mass is 346 g/mol. The van der Waals surface area contributed by atoms with Crippen LogP contribution in [0.15, 0.2) is 42.5 Å². The quantitative estimate of drug-likeness (QED) is 0.729. The van der Waals surface area contributed by atoms with Crippen LogP contribution in [0.2, 0.25) is 5.02 Å². The van der Waals surface area contributed by atoms with Crippen molar-refractivity contribution >= 4 is 23.4 Å². The van der Waals surface area contributed by atoms with Crippen molar-refractivity contribution in [3.63, 3.8) is 0 Å². The van der Waals surface area contributed by atoms with Crippen molar-refractivity contribution in [2.45, 2.75) is 26.2 Å². The molecule has 0 aliphatic carbocycles. The van der Waals surface area contributed by atoms with E-state index in [1.807, 2.05) is 12.1 Å². The van der Waals surface area contributed by atoms with Crippen LogP contribution in [0.25, 0.3) is 0 Å². The Balaban J connectivity index is 1.99. The molecule has 0 heterocycles. The first-order valence-corrected chi connectivity index (χ1v) is 7.76. The molecule has 126 valence electrons. The van der Waals surface area contributed by atoms with Crippen molar-refractivity contribution in [1.29, 1.82) is 0 Å². The summed E-state index contributed by atoms with van der Waals surface area (Å²) in [6.45, 7) is 6.27. The number of rotatable bonds is 2. The Morgan fingerprint density at radius 2 is 1.42 bits per heavy atom. The van der Waals surface area contributed by atoms with E-state index in [0.29, 0.717) is 5.56 Å². The summed E-state index contributed by atoms with van der Waals surface area (Å²) in [5.41, 5.74) is 6.43. The first-order valence-electron chi connectivity index (χ1n) is 7.38. The number of carbonyl (C=O) groups excluding carboxylic acids is 2. The third kappa shape index (κ3) is 4.26. The lowest BCUT2D eigenvalue weighted by Gasteiger charge is -2.19. The summed E-state index contributed by atoms with van der Waals surface area (Å²) in [7, 11) is 0. The van der Waals surface area contributed by atoms with E-state index in [9.17, 15) is 14.7 Å². The van der Waals surface area contributed by atoms with Crippen LogP contribution in [0, 0.1) is 0 Å². The lowest BCUT2D eigenvalue weighted by atomic mass is 9.87. The largest absolute Gasteiger partial charge is 0.506 e.